The Kier molecular flexibility index (Phi) is 4.78. The average Bonchev–Trinajstić information content (AvgIpc) is 2.88. The van der Waals surface area contributed by atoms with Gasteiger partial charge in [0.15, 0.2) is 0 Å². The first kappa shape index (κ1) is 14.3. The maximum Gasteiger partial charge on any atom is 0.235 e. The van der Waals surface area contributed by atoms with Gasteiger partial charge in [-0.15, -0.1) is 0 Å². The topological polar surface area (TPSA) is 82.2 Å². The molecule has 5 nitrogen and oxygen atoms in total. The van der Waals surface area contributed by atoms with Crippen LogP contribution in [0, 0.1) is 11.3 Å². The SMILES string of the molecule is N#CC1(NC(=O)CN2CCCCC2CN)CCCC1. The Hall–Kier alpha value is -1.12. The minimum Gasteiger partial charge on any atom is -0.337 e. The number of rotatable bonds is 4. The van der Waals surface area contributed by atoms with Gasteiger partial charge in [-0.1, -0.05) is 6.42 Å². The molecule has 0 radical (unpaired) electrons. The number of hydrogen-bond acceptors (Lipinski definition) is 4. The lowest BCUT2D eigenvalue weighted by molar-refractivity contribution is -0.124. The van der Waals surface area contributed by atoms with Crippen molar-refractivity contribution in [2.45, 2.75) is 56.5 Å². The second-order valence-electron chi connectivity index (χ2n) is 5.80. The van der Waals surface area contributed by atoms with Crippen molar-refractivity contribution in [3.63, 3.8) is 0 Å². The molecule has 1 amide bonds. The largest absolute Gasteiger partial charge is 0.337 e. The Labute approximate surface area is 115 Å². The molecule has 0 aromatic heterocycles. The number of nitrogens with two attached hydrogens (primary N) is 1. The number of carbonyl (C=O) groups excluding carboxylic acids is 1. The molecule has 1 atom stereocenters. The molecule has 1 heterocycles. The molecular formula is C14H24N4O. The minimum absolute atomic E-state index is 0.0243. The lowest BCUT2D eigenvalue weighted by Gasteiger charge is -2.35. The third kappa shape index (κ3) is 3.46. The predicted octanol–water partition coefficient (Wildman–Crippen LogP) is 0.752. The first-order chi connectivity index (χ1) is 9.19. The molecule has 1 aliphatic heterocycles. The highest BCUT2D eigenvalue weighted by molar-refractivity contribution is 5.79. The van der Waals surface area contributed by atoms with Crippen LogP contribution in [0.3, 0.4) is 0 Å². The van der Waals surface area contributed by atoms with Crippen LogP contribution >= 0.6 is 0 Å². The molecule has 106 valence electrons. The molecule has 19 heavy (non-hydrogen) atoms. The number of hydrogen-bond donors (Lipinski definition) is 2. The Morgan fingerprint density at radius 2 is 2.11 bits per heavy atom. The van der Waals surface area contributed by atoms with Crippen LogP contribution < -0.4 is 11.1 Å². The van der Waals surface area contributed by atoms with E-state index < -0.39 is 5.54 Å². The van der Waals surface area contributed by atoms with Gasteiger partial charge in [0.05, 0.1) is 12.6 Å². The Morgan fingerprint density at radius 1 is 1.37 bits per heavy atom. The fraction of sp³-hybridized carbons (Fsp3) is 0.857. The molecule has 3 N–H and O–H groups in total. The molecule has 0 aromatic carbocycles. The highest BCUT2D eigenvalue weighted by Gasteiger charge is 2.36. The van der Waals surface area contributed by atoms with Crippen LogP contribution in [0.4, 0.5) is 0 Å². The van der Waals surface area contributed by atoms with Gasteiger partial charge in [-0.3, -0.25) is 9.69 Å². The molecule has 1 aliphatic carbocycles. The molecule has 2 fully saturated rings. The number of nitrogens with one attached hydrogen (secondary N) is 1. The molecule has 1 saturated carbocycles. The van der Waals surface area contributed by atoms with Gasteiger partial charge < -0.3 is 11.1 Å². The van der Waals surface area contributed by atoms with Crippen molar-refractivity contribution >= 4 is 5.91 Å². The van der Waals surface area contributed by atoms with E-state index in [1.54, 1.807) is 0 Å². The van der Waals surface area contributed by atoms with Gasteiger partial charge in [0.2, 0.25) is 5.91 Å². The average molecular weight is 264 g/mol. The normalized spacial score (nSPS) is 26.8. The first-order valence-corrected chi connectivity index (χ1v) is 7.35. The third-order valence-corrected chi connectivity index (χ3v) is 4.42. The van der Waals surface area contributed by atoms with Crippen molar-refractivity contribution in [2.75, 3.05) is 19.6 Å². The Balaban J connectivity index is 1.88. The summed E-state index contributed by atoms with van der Waals surface area (Å²) in [6, 6.07) is 2.62. The molecule has 0 bridgehead atoms. The summed E-state index contributed by atoms with van der Waals surface area (Å²) < 4.78 is 0. The number of carbonyl (C=O) groups is 1. The van der Waals surface area contributed by atoms with Gasteiger partial charge in [-0.25, -0.2) is 0 Å². The highest BCUT2D eigenvalue weighted by Crippen LogP contribution is 2.28. The number of nitriles is 1. The maximum absolute atomic E-state index is 12.1. The summed E-state index contributed by atoms with van der Waals surface area (Å²) in [5.74, 6) is -0.0243. The number of piperidine rings is 1. The van der Waals surface area contributed by atoms with Crippen LogP contribution in [0.2, 0.25) is 0 Å². The van der Waals surface area contributed by atoms with Gasteiger partial charge >= 0.3 is 0 Å². The quantitative estimate of drug-likeness (QED) is 0.785. The summed E-state index contributed by atoms with van der Waals surface area (Å²) in [6.45, 7) is 1.93. The molecular weight excluding hydrogens is 240 g/mol. The summed E-state index contributed by atoms with van der Waals surface area (Å²) in [6.07, 6.45) is 7.04. The van der Waals surface area contributed by atoms with Gasteiger partial charge in [0, 0.05) is 12.6 Å². The highest BCUT2D eigenvalue weighted by atomic mass is 16.2. The Bertz CT molecular complexity index is 357. The van der Waals surface area contributed by atoms with E-state index in [2.05, 4.69) is 16.3 Å². The van der Waals surface area contributed by atoms with E-state index in [4.69, 9.17) is 5.73 Å². The van der Waals surface area contributed by atoms with Crippen LogP contribution in [-0.2, 0) is 4.79 Å². The maximum atomic E-state index is 12.1. The van der Waals surface area contributed by atoms with Gasteiger partial charge in [-0.05, 0) is 45.1 Å². The molecule has 1 unspecified atom stereocenters. The lowest BCUT2D eigenvalue weighted by Crippen LogP contribution is -2.52. The van der Waals surface area contributed by atoms with Gasteiger partial charge in [0.1, 0.15) is 5.54 Å². The third-order valence-electron chi connectivity index (χ3n) is 4.42. The molecule has 2 aliphatic rings. The van der Waals surface area contributed by atoms with Crippen LogP contribution in [-0.4, -0.2) is 42.0 Å². The van der Waals surface area contributed by atoms with E-state index in [-0.39, 0.29) is 5.91 Å². The fourth-order valence-corrected chi connectivity index (χ4v) is 3.27. The second-order valence-corrected chi connectivity index (χ2v) is 5.80. The van der Waals surface area contributed by atoms with Crippen LogP contribution in [0.15, 0.2) is 0 Å². The smallest absolute Gasteiger partial charge is 0.235 e. The van der Waals surface area contributed by atoms with Crippen molar-refractivity contribution < 1.29 is 4.79 Å². The van der Waals surface area contributed by atoms with Crippen molar-refractivity contribution in [2.24, 2.45) is 5.73 Å². The first-order valence-electron chi connectivity index (χ1n) is 7.35. The number of likely N-dealkylation sites (tertiary alicyclic amines) is 1. The molecule has 0 aromatic rings. The van der Waals surface area contributed by atoms with E-state index in [0.717, 1.165) is 45.1 Å². The molecule has 2 rings (SSSR count). The molecule has 0 spiro atoms. The number of nitrogens with zero attached hydrogens (tertiary/aromatic N) is 2. The summed E-state index contributed by atoms with van der Waals surface area (Å²) in [7, 11) is 0. The minimum atomic E-state index is -0.606. The van der Waals surface area contributed by atoms with E-state index >= 15 is 0 Å². The van der Waals surface area contributed by atoms with Crippen molar-refractivity contribution in [3.05, 3.63) is 0 Å². The summed E-state index contributed by atoms with van der Waals surface area (Å²) in [5.41, 5.74) is 5.15. The molecule has 5 heteroatoms. The van der Waals surface area contributed by atoms with Crippen LogP contribution in [0.1, 0.15) is 44.9 Å². The van der Waals surface area contributed by atoms with E-state index in [9.17, 15) is 10.1 Å². The lowest BCUT2D eigenvalue weighted by atomic mass is 9.99. The zero-order valence-electron chi connectivity index (χ0n) is 11.5. The number of amides is 1. The standard InChI is InChI=1S/C14H24N4O/c15-9-12-5-1-4-8-18(12)10-13(19)17-14(11-16)6-2-3-7-14/h12H,1-10,15H2,(H,17,19). The van der Waals surface area contributed by atoms with Crippen LogP contribution in [0.25, 0.3) is 0 Å². The zero-order chi connectivity index (χ0) is 13.7. The fourth-order valence-electron chi connectivity index (χ4n) is 3.27. The second kappa shape index (κ2) is 6.36. The molecule has 1 saturated heterocycles. The van der Waals surface area contributed by atoms with Gasteiger partial charge in [-0.2, -0.15) is 5.26 Å². The summed E-state index contributed by atoms with van der Waals surface area (Å²) in [5, 5.41) is 12.2. The van der Waals surface area contributed by atoms with Crippen molar-refractivity contribution in [1.29, 1.82) is 5.26 Å². The summed E-state index contributed by atoms with van der Waals surface area (Å²) in [4.78, 5) is 14.3. The Morgan fingerprint density at radius 3 is 2.74 bits per heavy atom. The monoisotopic (exact) mass is 264 g/mol. The van der Waals surface area contributed by atoms with E-state index in [1.807, 2.05) is 0 Å². The van der Waals surface area contributed by atoms with Gasteiger partial charge in [0.25, 0.3) is 0 Å². The van der Waals surface area contributed by atoms with E-state index in [1.165, 1.54) is 6.42 Å². The van der Waals surface area contributed by atoms with E-state index in [0.29, 0.717) is 19.1 Å². The summed E-state index contributed by atoms with van der Waals surface area (Å²) >= 11 is 0. The van der Waals surface area contributed by atoms with Crippen molar-refractivity contribution in [1.82, 2.24) is 10.2 Å². The predicted molar refractivity (Wildman–Crippen MR) is 73.2 cm³/mol. The van der Waals surface area contributed by atoms with Crippen LogP contribution in [0.5, 0.6) is 0 Å². The van der Waals surface area contributed by atoms with Crippen molar-refractivity contribution in [3.8, 4) is 6.07 Å². The zero-order valence-corrected chi connectivity index (χ0v) is 11.5.